The van der Waals surface area contributed by atoms with E-state index in [1.165, 1.54) is 6.92 Å². The van der Waals surface area contributed by atoms with E-state index in [0.717, 1.165) is 22.1 Å². The van der Waals surface area contributed by atoms with Crippen molar-refractivity contribution in [1.29, 1.82) is 0 Å². The normalized spacial score (nSPS) is 19.4. The molecule has 7 nitrogen and oxygen atoms in total. The monoisotopic (exact) mass is 342 g/mol. The van der Waals surface area contributed by atoms with Crippen LogP contribution in [0.4, 0.5) is 0 Å². The van der Waals surface area contributed by atoms with Gasteiger partial charge in [0.15, 0.2) is 0 Å². The summed E-state index contributed by atoms with van der Waals surface area (Å²) in [6.45, 7) is 9.81. The van der Waals surface area contributed by atoms with Crippen LogP contribution in [0.15, 0.2) is 23.9 Å². The average molecular weight is 342 g/mol. The number of nitrogens with zero attached hydrogens (tertiary/aromatic N) is 2. The first-order valence-corrected chi connectivity index (χ1v) is 8.28. The molecule has 1 aliphatic rings. The number of aromatic nitrogens is 3. The van der Waals surface area contributed by atoms with Crippen LogP contribution >= 0.6 is 0 Å². The Morgan fingerprint density at radius 1 is 1.28 bits per heavy atom. The van der Waals surface area contributed by atoms with E-state index >= 15 is 0 Å². The second-order valence-corrected chi connectivity index (χ2v) is 7.28. The summed E-state index contributed by atoms with van der Waals surface area (Å²) >= 11 is 0. The first kappa shape index (κ1) is 17.6. The molecule has 3 heterocycles. The number of pyridine rings is 1. The van der Waals surface area contributed by atoms with Gasteiger partial charge in [0.05, 0.1) is 34.8 Å². The molecule has 1 aliphatic heterocycles. The van der Waals surface area contributed by atoms with E-state index < -0.39 is 18.3 Å². The molecular formula is C17H23BN4O3. The first-order chi connectivity index (χ1) is 11.7. The van der Waals surface area contributed by atoms with Gasteiger partial charge in [0.25, 0.3) is 0 Å². The van der Waals surface area contributed by atoms with E-state index in [1.807, 2.05) is 39.8 Å². The van der Waals surface area contributed by atoms with Crippen molar-refractivity contribution in [2.75, 3.05) is 6.54 Å². The van der Waals surface area contributed by atoms with Crippen LogP contribution in [0.1, 0.15) is 40.3 Å². The van der Waals surface area contributed by atoms with Gasteiger partial charge < -0.3 is 14.6 Å². The second-order valence-electron chi connectivity index (χ2n) is 7.28. The zero-order valence-electron chi connectivity index (χ0n) is 15.2. The Morgan fingerprint density at radius 2 is 1.96 bits per heavy atom. The van der Waals surface area contributed by atoms with Crippen molar-refractivity contribution in [1.82, 2.24) is 20.5 Å². The number of hydrogen-bond acceptors (Lipinski definition) is 5. The summed E-state index contributed by atoms with van der Waals surface area (Å²) < 4.78 is 12.2. The zero-order valence-corrected chi connectivity index (χ0v) is 15.2. The lowest BCUT2D eigenvalue weighted by Crippen LogP contribution is -2.41. The first-order valence-electron chi connectivity index (χ1n) is 8.28. The molecule has 1 fully saturated rings. The summed E-state index contributed by atoms with van der Waals surface area (Å²) in [6, 6.07) is 1.93. The van der Waals surface area contributed by atoms with E-state index in [-0.39, 0.29) is 5.91 Å². The maximum atomic E-state index is 11.4. The van der Waals surface area contributed by atoms with Crippen molar-refractivity contribution in [3.63, 3.8) is 0 Å². The largest absolute Gasteiger partial charge is 0.492 e. The molecule has 0 spiro atoms. The Kier molecular flexibility index (Phi) is 4.42. The van der Waals surface area contributed by atoms with Gasteiger partial charge in [-0.25, -0.2) is 0 Å². The zero-order chi connectivity index (χ0) is 18.2. The van der Waals surface area contributed by atoms with Crippen LogP contribution in [0, 0.1) is 0 Å². The highest BCUT2D eigenvalue weighted by molar-refractivity contribution is 6.56. The second kappa shape index (κ2) is 6.27. The highest BCUT2D eigenvalue weighted by atomic mass is 16.7. The molecule has 0 atom stereocenters. The third-order valence-electron chi connectivity index (χ3n) is 4.78. The minimum Gasteiger partial charge on any atom is -0.400 e. The Balaban J connectivity index is 1.92. The number of aromatic amines is 1. The molecule has 1 amide bonds. The fourth-order valence-corrected chi connectivity index (χ4v) is 2.55. The minimum absolute atomic E-state index is 0.110. The van der Waals surface area contributed by atoms with Crippen LogP contribution in [0.5, 0.6) is 0 Å². The van der Waals surface area contributed by atoms with Gasteiger partial charge in [-0.15, -0.1) is 0 Å². The molecule has 0 aliphatic carbocycles. The molecule has 0 aromatic carbocycles. The van der Waals surface area contributed by atoms with E-state index in [0.29, 0.717) is 6.54 Å². The molecule has 1 saturated heterocycles. The van der Waals surface area contributed by atoms with Gasteiger partial charge in [-0.2, -0.15) is 5.10 Å². The summed E-state index contributed by atoms with van der Waals surface area (Å²) in [5.41, 5.74) is 1.54. The number of carbonyl (C=O) groups is 1. The molecular weight excluding hydrogens is 319 g/mol. The fourth-order valence-electron chi connectivity index (χ4n) is 2.55. The summed E-state index contributed by atoms with van der Waals surface area (Å²) in [6.07, 6.45) is 5.37. The van der Waals surface area contributed by atoms with Gasteiger partial charge >= 0.3 is 7.12 Å². The lowest BCUT2D eigenvalue weighted by atomic mass is 9.77. The van der Waals surface area contributed by atoms with Crippen molar-refractivity contribution in [2.24, 2.45) is 0 Å². The Morgan fingerprint density at radius 3 is 2.60 bits per heavy atom. The smallest absolute Gasteiger partial charge is 0.400 e. The highest BCUT2D eigenvalue weighted by Gasteiger charge is 2.52. The number of amides is 1. The molecule has 0 radical (unpaired) electrons. The SMILES string of the molecule is CC(=O)NCC(=Cc1cc2cn[nH]c2cn1)B1OC(C)(C)C(C)(C)O1. The van der Waals surface area contributed by atoms with E-state index in [2.05, 4.69) is 20.5 Å². The number of H-pyrrole nitrogens is 1. The topological polar surface area (TPSA) is 89.1 Å². The Bertz CT molecular complexity index is 812. The van der Waals surface area contributed by atoms with Crippen LogP contribution in [-0.2, 0) is 14.1 Å². The maximum absolute atomic E-state index is 11.4. The lowest BCUT2D eigenvalue weighted by Gasteiger charge is -2.32. The highest BCUT2D eigenvalue weighted by Crippen LogP contribution is 2.38. The quantitative estimate of drug-likeness (QED) is 0.831. The molecule has 0 saturated carbocycles. The Hall–Kier alpha value is -2.19. The molecule has 8 heteroatoms. The lowest BCUT2D eigenvalue weighted by molar-refractivity contribution is -0.118. The summed E-state index contributed by atoms with van der Waals surface area (Å²) in [7, 11) is -0.543. The molecule has 0 bridgehead atoms. The Labute approximate surface area is 147 Å². The molecule has 2 N–H and O–H groups in total. The third-order valence-corrected chi connectivity index (χ3v) is 4.78. The van der Waals surface area contributed by atoms with Crippen molar-refractivity contribution in [3.8, 4) is 0 Å². The number of nitrogens with one attached hydrogen (secondary N) is 2. The third kappa shape index (κ3) is 3.59. The van der Waals surface area contributed by atoms with Crippen LogP contribution in [0.2, 0.25) is 0 Å². The van der Waals surface area contributed by atoms with Gasteiger partial charge in [0.1, 0.15) is 0 Å². The standard InChI is InChI=1S/C17H23BN4O3/c1-11(23)19-9-13(18-24-16(2,3)17(4,5)25-18)7-14-6-12-8-21-22-15(12)10-20-14/h6-8,10H,9H2,1-5H3,(H,19,23)(H,21,22). The maximum Gasteiger partial charge on any atom is 0.492 e. The van der Waals surface area contributed by atoms with Gasteiger partial charge in [-0.1, -0.05) is 0 Å². The molecule has 0 unspecified atom stereocenters. The van der Waals surface area contributed by atoms with Crippen LogP contribution in [0.3, 0.4) is 0 Å². The number of rotatable bonds is 4. The molecule has 3 rings (SSSR count). The summed E-state index contributed by atoms with van der Waals surface area (Å²) in [5.74, 6) is -0.110. The van der Waals surface area contributed by atoms with Crippen molar-refractivity contribution in [2.45, 2.75) is 45.8 Å². The summed E-state index contributed by atoms with van der Waals surface area (Å²) in [5, 5.41) is 10.7. The van der Waals surface area contributed by atoms with Gasteiger partial charge in [0, 0.05) is 18.9 Å². The average Bonchev–Trinajstić information content (AvgIpc) is 3.05. The van der Waals surface area contributed by atoms with E-state index in [4.69, 9.17) is 9.31 Å². The van der Waals surface area contributed by atoms with Gasteiger partial charge in [0.2, 0.25) is 5.91 Å². The number of carbonyl (C=O) groups excluding carboxylic acids is 1. The van der Waals surface area contributed by atoms with E-state index in [9.17, 15) is 4.79 Å². The van der Waals surface area contributed by atoms with Crippen LogP contribution in [-0.4, -0.2) is 46.0 Å². The molecule has 2 aromatic rings. The fraction of sp³-hybridized carbons (Fsp3) is 0.471. The predicted octanol–water partition coefficient (Wildman–Crippen LogP) is 2.11. The van der Waals surface area contributed by atoms with Crippen LogP contribution < -0.4 is 5.32 Å². The molecule has 25 heavy (non-hydrogen) atoms. The van der Waals surface area contributed by atoms with Gasteiger partial charge in [-0.05, 0) is 45.3 Å². The number of fused-ring (bicyclic) bond motifs is 1. The summed E-state index contributed by atoms with van der Waals surface area (Å²) in [4.78, 5) is 15.8. The predicted molar refractivity (Wildman–Crippen MR) is 96.6 cm³/mol. The molecule has 2 aromatic heterocycles. The molecule has 132 valence electrons. The van der Waals surface area contributed by atoms with Gasteiger partial charge in [-0.3, -0.25) is 14.9 Å². The minimum atomic E-state index is -0.543. The van der Waals surface area contributed by atoms with Crippen molar-refractivity contribution >= 4 is 30.0 Å². The van der Waals surface area contributed by atoms with Crippen LogP contribution in [0.25, 0.3) is 17.0 Å². The number of hydrogen-bond donors (Lipinski definition) is 2. The van der Waals surface area contributed by atoms with E-state index in [1.54, 1.807) is 12.4 Å². The van der Waals surface area contributed by atoms with Crippen molar-refractivity contribution < 1.29 is 14.1 Å². The van der Waals surface area contributed by atoms with Crippen molar-refractivity contribution in [3.05, 3.63) is 29.6 Å².